The molecule has 0 saturated carbocycles. The third-order valence-corrected chi connectivity index (χ3v) is 9.03. The minimum atomic E-state index is -4.26. The van der Waals surface area contributed by atoms with E-state index in [1.165, 1.54) is 23.1 Å². The van der Waals surface area contributed by atoms with Gasteiger partial charge in [-0.15, -0.1) is 0 Å². The lowest BCUT2D eigenvalue weighted by Crippen LogP contribution is -2.55. The number of nitrogens with zero attached hydrogens (tertiary/aromatic N) is 2. The van der Waals surface area contributed by atoms with Gasteiger partial charge in [0.2, 0.25) is 11.8 Å². The molecule has 0 aliphatic heterocycles. The molecule has 0 aliphatic carbocycles. The van der Waals surface area contributed by atoms with Crippen LogP contribution in [-0.4, -0.2) is 43.3 Å². The zero-order valence-corrected chi connectivity index (χ0v) is 26.6. The maximum absolute atomic E-state index is 14.2. The Morgan fingerprint density at radius 3 is 2.00 bits per heavy atom. The summed E-state index contributed by atoms with van der Waals surface area (Å²) in [6.45, 7) is 10.7. The number of anilines is 1. The third kappa shape index (κ3) is 8.24. The SMILES string of the molecule is CC[C@H](C(=O)NC(C)(C)C)N(Cc1ccc(C)cc1)C(=O)CN(c1cccc(Cl)c1Cl)S(=O)(=O)c1ccc(C)cc1. The molecule has 0 fully saturated rings. The summed E-state index contributed by atoms with van der Waals surface area (Å²) < 4.78 is 29.0. The summed E-state index contributed by atoms with van der Waals surface area (Å²) >= 11 is 12.8. The third-order valence-electron chi connectivity index (χ3n) is 6.45. The van der Waals surface area contributed by atoms with Crippen molar-refractivity contribution in [3.8, 4) is 0 Å². The minimum absolute atomic E-state index is 0.000236. The van der Waals surface area contributed by atoms with Crippen LogP contribution in [0.2, 0.25) is 10.0 Å². The predicted molar refractivity (Wildman–Crippen MR) is 166 cm³/mol. The second-order valence-electron chi connectivity index (χ2n) is 11.1. The highest BCUT2D eigenvalue weighted by molar-refractivity contribution is 7.92. The molecule has 0 aromatic heterocycles. The number of carbonyl (C=O) groups is 2. The van der Waals surface area contributed by atoms with Crippen molar-refractivity contribution < 1.29 is 18.0 Å². The molecule has 3 rings (SSSR count). The van der Waals surface area contributed by atoms with E-state index in [0.29, 0.717) is 6.42 Å². The molecule has 3 aromatic rings. The standard InChI is InChI=1S/C31H37Cl2N3O4S/c1-7-26(30(38)34-31(4,5)6)35(19-23-15-11-21(2)12-16-23)28(37)20-36(27-10-8-9-25(32)29(27)33)41(39,40)24-17-13-22(3)14-18-24/h8-18,26H,7,19-20H2,1-6H3,(H,34,38)/t26-/m1/s1. The number of amides is 2. The van der Waals surface area contributed by atoms with Crippen LogP contribution in [0.1, 0.15) is 50.8 Å². The fraction of sp³-hybridized carbons (Fsp3) is 0.355. The lowest BCUT2D eigenvalue weighted by atomic mass is 10.1. The van der Waals surface area contributed by atoms with Crippen LogP contribution >= 0.6 is 23.2 Å². The molecule has 10 heteroatoms. The largest absolute Gasteiger partial charge is 0.350 e. The molecule has 220 valence electrons. The van der Waals surface area contributed by atoms with Crippen molar-refractivity contribution in [2.45, 2.75) is 71.0 Å². The van der Waals surface area contributed by atoms with Gasteiger partial charge in [0.25, 0.3) is 10.0 Å². The number of aryl methyl sites for hydroxylation is 2. The molecular weight excluding hydrogens is 581 g/mol. The van der Waals surface area contributed by atoms with E-state index in [1.807, 2.05) is 65.8 Å². The number of halogens is 2. The van der Waals surface area contributed by atoms with Gasteiger partial charge in [0.15, 0.2) is 0 Å². The normalized spacial score (nSPS) is 12.5. The van der Waals surface area contributed by atoms with Crippen molar-refractivity contribution in [1.29, 1.82) is 0 Å². The number of sulfonamides is 1. The van der Waals surface area contributed by atoms with Gasteiger partial charge in [0.05, 0.1) is 20.6 Å². The molecule has 0 spiro atoms. The van der Waals surface area contributed by atoms with Gasteiger partial charge in [-0.25, -0.2) is 8.42 Å². The summed E-state index contributed by atoms with van der Waals surface area (Å²) in [5.41, 5.74) is 2.27. The monoisotopic (exact) mass is 617 g/mol. The van der Waals surface area contributed by atoms with Crippen LogP contribution < -0.4 is 9.62 Å². The maximum atomic E-state index is 14.2. The fourth-order valence-corrected chi connectivity index (χ4v) is 6.17. The molecule has 0 aliphatic rings. The van der Waals surface area contributed by atoms with E-state index in [4.69, 9.17) is 23.2 Å². The van der Waals surface area contributed by atoms with Gasteiger partial charge in [-0.05, 0) is 70.9 Å². The Kier molecular flexibility index (Phi) is 10.5. The van der Waals surface area contributed by atoms with E-state index < -0.39 is 34.1 Å². The molecule has 2 amide bonds. The Bertz CT molecular complexity index is 1490. The van der Waals surface area contributed by atoms with Crippen LogP contribution in [0.15, 0.2) is 71.6 Å². The van der Waals surface area contributed by atoms with Crippen molar-refractivity contribution in [1.82, 2.24) is 10.2 Å². The van der Waals surface area contributed by atoms with E-state index in [0.717, 1.165) is 21.0 Å². The number of nitrogens with one attached hydrogen (secondary N) is 1. The first-order valence-corrected chi connectivity index (χ1v) is 15.5. The van der Waals surface area contributed by atoms with Gasteiger partial charge < -0.3 is 10.2 Å². The summed E-state index contributed by atoms with van der Waals surface area (Å²) in [6, 6.07) is 17.7. The van der Waals surface area contributed by atoms with Crippen molar-refractivity contribution >= 4 is 50.7 Å². The molecule has 0 bridgehead atoms. The van der Waals surface area contributed by atoms with E-state index in [1.54, 1.807) is 24.3 Å². The molecule has 0 saturated heterocycles. The zero-order chi connectivity index (χ0) is 30.5. The summed E-state index contributed by atoms with van der Waals surface area (Å²) in [5, 5.41) is 3.11. The topological polar surface area (TPSA) is 86.8 Å². The quantitative estimate of drug-likeness (QED) is 0.280. The van der Waals surface area contributed by atoms with Crippen LogP contribution in [0.4, 0.5) is 5.69 Å². The average molecular weight is 619 g/mol. The van der Waals surface area contributed by atoms with Crippen LogP contribution in [0.3, 0.4) is 0 Å². The molecule has 1 N–H and O–H groups in total. The number of carbonyl (C=O) groups excluding carboxylic acids is 2. The van der Waals surface area contributed by atoms with Gasteiger partial charge in [0.1, 0.15) is 12.6 Å². The predicted octanol–water partition coefficient (Wildman–Crippen LogP) is 6.53. The zero-order valence-electron chi connectivity index (χ0n) is 24.2. The number of rotatable bonds is 10. The van der Waals surface area contributed by atoms with E-state index >= 15 is 0 Å². The molecule has 3 aromatic carbocycles. The Morgan fingerprint density at radius 2 is 1.46 bits per heavy atom. The van der Waals surface area contributed by atoms with Gasteiger partial charge in [-0.2, -0.15) is 0 Å². The van der Waals surface area contributed by atoms with Crippen molar-refractivity contribution in [3.63, 3.8) is 0 Å². The number of hydrogen-bond donors (Lipinski definition) is 1. The summed E-state index contributed by atoms with van der Waals surface area (Å²) in [5.74, 6) is -0.887. The van der Waals surface area contributed by atoms with Gasteiger partial charge >= 0.3 is 0 Å². The molecule has 0 heterocycles. The minimum Gasteiger partial charge on any atom is -0.350 e. The van der Waals surface area contributed by atoms with Crippen LogP contribution in [-0.2, 0) is 26.2 Å². The smallest absolute Gasteiger partial charge is 0.264 e. The molecule has 1 atom stereocenters. The Labute approximate surface area is 253 Å². The molecule has 7 nitrogen and oxygen atoms in total. The molecule has 0 radical (unpaired) electrons. The van der Waals surface area contributed by atoms with Gasteiger partial charge in [-0.1, -0.05) is 83.7 Å². The fourth-order valence-electron chi connectivity index (χ4n) is 4.30. The first-order valence-electron chi connectivity index (χ1n) is 13.3. The van der Waals surface area contributed by atoms with Crippen LogP contribution in [0.25, 0.3) is 0 Å². The van der Waals surface area contributed by atoms with Crippen molar-refractivity contribution in [2.75, 3.05) is 10.8 Å². The highest BCUT2D eigenvalue weighted by atomic mass is 35.5. The summed E-state index contributed by atoms with van der Waals surface area (Å²) in [4.78, 5) is 29.0. The highest BCUT2D eigenvalue weighted by Gasteiger charge is 2.35. The summed E-state index contributed by atoms with van der Waals surface area (Å²) in [6.07, 6.45) is 0.322. The Morgan fingerprint density at radius 1 is 0.902 bits per heavy atom. The second-order valence-corrected chi connectivity index (χ2v) is 13.7. The lowest BCUT2D eigenvalue weighted by molar-refractivity contribution is -0.141. The van der Waals surface area contributed by atoms with E-state index in [-0.39, 0.29) is 33.1 Å². The molecule has 41 heavy (non-hydrogen) atoms. The van der Waals surface area contributed by atoms with Crippen LogP contribution in [0, 0.1) is 13.8 Å². The van der Waals surface area contributed by atoms with Gasteiger partial charge in [0, 0.05) is 12.1 Å². The molecule has 0 unspecified atom stereocenters. The highest BCUT2D eigenvalue weighted by Crippen LogP contribution is 2.35. The number of hydrogen-bond acceptors (Lipinski definition) is 4. The van der Waals surface area contributed by atoms with E-state index in [2.05, 4.69) is 5.32 Å². The van der Waals surface area contributed by atoms with Crippen LogP contribution in [0.5, 0.6) is 0 Å². The van der Waals surface area contributed by atoms with Crippen molar-refractivity contribution in [3.05, 3.63) is 93.5 Å². The van der Waals surface area contributed by atoms with Crippen molar-refractivity contribution in [2.24, 2.45) is 0 Å². The Balaban J connectivity index is 2.11. The first-order chi connectivity index (χ1) is 19.1. The Hall–Kier alpha value is -3.07. The lowest BCUT2D eigenvalue weighted by Gasteiger charge is -2.35. The van der Waals surface area contributed by atoms with Gasteiger partial charge in [-0.3, -0.25) is 13.9 Å². The average Bonchev–Trinajstić information content (AvgIpc) is 2.89. The first kappa shape index (κ1) is 32.4. The molecular formula is C31H37Cl2N3O4S. The second kappa shape index (κ2) is 13.3. The number of benzene rings is 3. The van der Waals surface area contributed by atoms with E-state index in [9.17, 15) is 18.0 Å². The maximum Gasteiger partial charge on any atom is 0.264 e. The summed E-state index contributed by atoms with van der Waals surface area (Å²) in [7, 11) is -4.26.